The highest BCUT2D eigenvalue weighted by molar-refractivity contribution is 6.07. The van der Waals surface area contributed by atoms with Gasteiger partial charge in [-0.15, -0.1) is 0 Å². The second-order valence-electron chi connectivity index (χ2n) is 6.30. The normalized spacial score (nSPS) is 43.2. The molecule has 4 fully saturated rings. The molecule has 104 valence electrons. The van der Waals surface area contributed by atoms with Crippen LogP contribution >= 0.6 is 0 Å². The lowest BCUT2D eigenvalue weighted by Gasteiger charge is -2.57. The smallest absolute Gasteiger partial charge is 0.319 e. The third kappa shape index (κ3) is 1.44. The number of carbonyl (C=O) groups excluding carboxylic acids is 3. The molecule has 5 heteroatoms. The van der Waals surface area contributed by atoms with Crippen molar-refractivity contribution in [2.24, 2.45) is 22.7 Å². The second-order valence-corrected chi connectivity index (χ2v) is 6.30. The van der Waals surface area contributed by atoms with E-state index >= 15 is 0 Å². The van der Waals surface area contributed by atoms with Crippen molar-refractivity contribution in [1.29, 1.82) is 0 Å². The van der Waals surface area contributed by atoms with E-state index in [1.165, 1.54) is 14.2 Å². The zero-order valence-electron chi connectivity index (χ0n) is 11.2. The topological polar surface area (TPSA) is 69.7 Å². The summed E-state index contributed by atoms with van der Waals surface area (Å²) in [5.74, 6) is -0.694. The molecule has 0 spiro atoms. The molecule has 0 N–H and O–H groups in total. The summed E-state index contributed by atoms with van der Waals surface area (Å²) in [5, 5.41) is 0. The minimum Gasteiger partial charge on any atom is -0.469 e. The Labute approximate surface area is 111 Å². The second kappa shape index (κ2) is 3.81. The van der Waals surface area contributed by atoms with Crippen molar-refractivity contribution >= 4 is 17.7 Å². The van der Waals surface area contributed by atoms with E-state index in [1.54, 1.807) is 0 Å². The monoisotopic (exact) mass is 266 g/mol. The van der Waals surface area contributed by atoms with Crippen LogP contribution in [0.15, 0.2) is 0 Å². The first kappa shape index (κ1) is 12.6. The Kier molecular flexibility index (Phi) is 2.53. The van der Waals surface area contributed by atoms with E-state index in [9.17, 15) is 14.4 Å². The van der Waals surface area contributed by atoms with Crippen molar-refractivity contribution < 1.29 is 23.9 Å². The number of rotatable bonds is 2. The van der Waals surface area contributed by atoms with Gasteiger partial charge in [0.2, 0.25) is 0 Å². The molecule has 4 bridgehead atoms. The van der Waals surface area contributed by atoms with E-state index < -0.39 is 16.8 Å². The van der Waals surface area contributed by atoms with Crippen molar-refractivity contribution in [3.63, 3.8) is 0 Å². The molecule has 0 aromatic heterocycles. The summed E-state index contributed by atoms with van der Waals surface area (Å²) in [4.78, 5) is 36.8. The van der Waals surface area contributed by atoms with E-state index in [-0.39, 0.29) is 30.0 Å². The molecule has 0 radical (unpaired) electrons. The maximum absolute atomic E-state index is 12.5. The number of carbonyl (C=O) groups is 3. The van der Waals surface area contributed by atoms with Gasteiger partial charge in [-0.3, -0.25) is 14.4 Å². The van der Waals surface area contributed by atoms with Crippen LogP contribution in [-0.2, 0) is 23.9 Å². The predicted molar refractivity (Wildman–Crippen MR) is 64.0 cm³/mol. The molecule has 0 aliphatic heterocycles. The summed E-state index contributed by atoms with van der Waals surface area (Å²) in [5.41, 5.74) is -1.74. The van der Waals surface area contributed by atoms with Gasteiger partial charge in [-0.1, -0.05) is 0 Å². The lowest BCUT2D eigenvalue weighted by molar-refractivity contribution is -0.192. The van der Waals surface area contributed by atoms with Gasteiger partial charge in [-0.2, -0.15) is 0 Å². The molecule has 0 unspecified atom stereocenters. The average molecular weight is 266 g/mol. The lowest BCUT2D eigenvalue weighted by atomic mass is 9.43. The van der Waals surface area contributed by atoms with Crippen LogP contribution in [-0.4, -0.2) is 31.9 Å². The van der Waals surface area contributed by atoms with Crippen molar-refractivity contribution in [3.05, 3.63) is 0 Å². The molecule has 19 heavy (non-hydrogen) atoms. The van der Waals surface area contributed by atoms with Crippen molar-refractivity contribution in [2.75, 3.05) is 14.2 Å². The highest BCUT2D eigenvalue weighted by atomic mass is 16.5. The van der Waals surface area contributed by atoms with Gasteiger partial charge in [0.25, 0.3) is 0 Å². The quantitative estimate of drug-likeness (QED) is 0.553. The van der Waals surface area contributed by atoms with Crippen molar-refractivity contribution in [1.82, 2.24) is 0 Å². The SMILES string of the molecule is COC(=O)[C@]12C[C@@H]3C[C@H](C1)C(=O)[C@@](C(=O)OC)(C3)C2. The van der Waals surface area contributed by atoms with Gasteiger partial charge in [0, 0.05) is 5.92 Å². The minimum atomic E-state index is -1.09. The summed E-state index contributed by atoms with van der Waals surface area (Å²) < 4.78 is 9.78. The fraction of sp³-hybridized carbons (Fsp3) is 0.786. The zero-order valence-corrected chi connectivity index (χ0v) is 11.2. The summed E-state index contributed by atoms with van der Waals surface area (Å²) in [7, 11) is 2.67. The van der Waals surface area contributed by atoms with Crippen LogP contribution in [0, 0.1) is 22.7 Å². The fourth-order valence-corrected chi connectivity index (χ4v) is 4.80. The van der Waals surface area contributed by atoms with Gasteiger partial charge in [-0.05, 0) is 38.0 Å². The summed E-state index contributed by atoms with van der Waals surface area (Å²) in [6.45, 7) is 0. The number of Topliss-reactive ketones (excluding diaryl/α,β-unsaturated/α-hetero) is 1. The molecule has 4 aliphatic carbocycles. The number of ketones is 1. The molecule has 4 rings (SSSR count). The Morgan fingerprint density at radius 2 is 1.79 bits per heavy atom. The Bertz CT molecular complexity index is 470. The van der Waals surface area contributed by atoms with Crippen LogP contribution < -0.4 is 0 Å². The molecule has 4 aliphatic rings. The van der Waals surface area contributed by atoms with E-state index in [1.807, 2.05) is 0 Å². The predicted octanol–water partition coefficient (Wildman–Crippen LogP) is 1.10. The number of esters is 2. The van der Waals surface area contributed by atoms with Gasteiger partial charge in [0.05, 0.1) is 19.6 Å². The number of methoxy groups -OCH3 is 2. The van der Waals surface area contributed by atoms with Gasteiger partial charge in [-0.25, -0.2) is 0 Å². The van der Waals surface area contributed by atoms with E-state index in [2.05, 4.69) is 0 Å². The molecule has 4 saturated carbocycles. The van der Waals surface area contributed by atoms with Crippen LogP contribution in [0.1, 0.15) is 32.1 Å². The van der Waals surface area contributed by atoms with E-state index in [0.717, 1.165) is 12.8 Å². The summed E-state index contributed by atoms with van der Waals surface area (Å²) in [6.07, 6.45) is 2.88. The van der Waals surface area contributed by atoms with Crippen molar-refractivity contribution in [3.8, 4) is 0 Å². The molecule has 0 amide bonds. The summed E-state index contributed by atoms with van der Waals surface area (Å²) >= 11 is 0. The largest absolute Gasteiger partial charge is 0.469 e. The molecule has 5 nitrogen and oxygen atoms in total. The Balaban J connectivity index is 2.05. The first-order valence-corrected chi connectivity index (χ1v) is 6.68. The number of hydrogen-bond acceptors (Lipinski definition) is 5. The molecule has 0 saturated heterocycles. The first-order valence-electron chi connectivity index (χ1n) is 6.68. The maximum atomic E-state index is 12.5. The van der Waals surface area contributed by atoms with E-state index in [0.29, 0.717) is 12.8 Å². The van der Waals surface area contributed by atoms with Gasteiger partial charge in [0.15, 0.2) is 5.78 Å². The van der Waals surface area contributed by atoms with Crippen molar-refractivity contribution in [2.45, 2.75) is 32.1 Å². The molecular formula is C14H18O5. The maximum Gasteiger partial charge on any atom is 0.319 e. The Hall–Kier alpha value is -1.39. The summed E-state index contributed by atoms with van der Waals surface area (Å²) in [6, 6.07) is 0. The lowest BCUT2D eigenvalue weighted by Crippen LogP contribution is -2.63. The van der Waals surface area contributed by atoms with Crippen LogP contribution in [0.3, 0.4) is 0 Å². The first-order chi connectivity index (χ1) is 8.97. The van der Waals surface area contributed by atoms with E-state index in [4.69, 9.17) is 9.47 Å². The minimum absolute atomic E-state index is 0.0187. The van der Waals surface area contributed by atoms with Crippen LogP contribution in [0.25, 0.3) is 0 Å². The Morgan fingerprint density at radius 3 is 2.42 bits per heavy atom. The fourth-order valence-electron chi connectivity index (χ4n) is 4.80. The van der Waals surface area contributed by atoms with Gasteiger partial charge in [0.1, 0.15) is 5.41 Å². The third-order valence-corrected chi connectivity index (χ3v) is 5.25. The highest BCUT2D eigenvalue weighted by Gasteiger charge is 2.68. The molecular weight excluding hydrogens is 248 g/mol. The molecule has 4 atom stereocenters. The molecule has 0 heterocycles. The highest BCUT2D eigenvalue weighted by Crippen LogP contribution is 2.64. The Morgan fingerprint density at radius 1 is 1.11 bits per heavy atom. The van der Waals surface area contributed by atoms with Crippen LogP contribution in [0.2, 0.25) is 0 Å². The average Bonchev–Trinajstić information content (AvgIpc) is 2.41. The van der Waals surface area contributed by atoms with Crippen LogP contribution in [0.4, 0.5) is 0 Å². The standard InChI is InChI=1S/C14H18O5/c1-18-11(16)13-4-8-3-9(6-13)10(15)14(5-8,7-13)12(17)19-2/h8-9H,3-7H2,1-2H3/t8-,9+,13+,14+/m0/s1. The number of ether oxygens (including phenoxy) is 2. The molecule has 0 aromatic rings. The number of hydrogen-bond donors (Lipinski definition) is 0. The van der Waals surface area contributed by atoms with Gasteiger partial charge < -0.3 is 9.47 Å². The third-order valence-electron chi connectivity index (χ3n) is 5.25. The van der Waals surface area contributed by atoms with Gasteiger partial charge >= 0.3 is 11.9 Å². The van der Waals surface area contributed by atoms with Crippen LogP contribution in [0.5, 0.6) is 0 Å². The molecule has 0 aromatic carbocycles. The zero-order chi connectivity index (χ0) is 13.8.